The number of carbonyl (C=O) groups excluding carboxylic acids is 2. The Hall–Kier alpha value is -1.71. The summed E-state index contributed by atoms with van der Waals surface area (Å²) in [5, 5.41) is 0. The predicted molar refractivity (Wildman–Crippen MR) is 84.1 cm³/mol. The molecule has 0 aliphatic rings. The zero-order chi connectivity index (χ0) is 16.4. The molecular formula is C18H25FO3. The summed E-state index contributed by atoms with van der Waals surface area (Å²) in [7, 11) is 0. The van der Waals surface area contributed by atoms with Crippen LogP contribution in [0, 0.1) is 11.7 Å². The van der Waals surface area contributed by atoms with E-state index >= 15 is 0 Å². The minimum Gasteiger partial charge on any atom is -0.465 e. The van der Waals surface area contributed by atoms with Gasteiger partial charge in [0.1, 0.15) is 18.0 Å². The smallest absolute Gasteiger partial charge is 0.316 e. The third kappa shape index (κ3) is 5.96. The van der Waals surface area contributed by atoms with Gasteiger partial charge in [0.15, 0.2) is 0 Å². The zero-order valence-corrected chi connectivity index (χ0v) is 13.4. The van der Waals surface area contributed by atoms with E-state index in [4.69, 9.17) is 4.74 Å². The van der Waals surface area contributed by atoms with Crippen LogP contribution >= 0.6 is 0 Å². The van der Waals surface area contributed by atoms with Crippen LogP contribution in [0.2, 0.25) is 0 Å². The van der Waals surface area contributed by atoms with E-state index in [0.29, 0.717) is 25.7 Å². The van der Waals surface area contributed by atoms with E-state index in [2.05, 4.69) is 0 Å². The molecule has 22 heavy (non-hydrogen) atoms. The molecule has 0 aliphatic carbocycles. The summed E-state index contributed by atoms with van der Waals surface area (Å²) < 4.78 is 18.5. The molecule has 1 unspecified atom stereocenters. The van der Waals surface area contributed by atoms with Gasteiger partial charge in [-0.2, -0.15) is 0 Å². The summed E-state index contributed by atoms with van der Waals surface area (Å²) in [5.41, 5.74) is 1.90. The van der Waals surface area contributed by atoms with Crippen LogP contribution in [0.5, 0.6) is 0 Å². The van der Waals surface area contributed by atoms with Crippen LogP contribution in [0.3, 0.4) is 0 Å². The Morgan fingerprint density at radius 2 is 2.05 bits per heavy atom. The summed E-state index contributed by atoms with van der Waals surface area (Å²) >= 11 is 0. The maximum absolute atomic E-state index is 13.4. The lowest BCUT2D eigenvalue weighted by molar-refractivity contribution is -0.149. The number of carbonyl (C=O) groups is 2. The van der Waals surface area contributed by atoms with E-state index in [1.165, 1.54) is 6.07 Å². The topological polar surface area (TPSA) is 43.4 Å². The fourth-order valence-electron chi connectivity index (χ4n) is 2.26. The van der Waals surface area contributed by atoms with E-state index < -0.39 is 11.9 Å². The van der Waals surface area contributed by atoms with E-state index in [1.807, 2.05) is 19.1 Å². The van der Waals surface area contributed by atoms with Gasteiger partial charge in [-0.3, -0.25) is 4.79 Å². The number of ether oxygens (including phenoxy) is 1. The minimum absolute atomic E-state index is 0.140. The Balaban J connectivity index is 2.20. The molecule has 0 bridgehead atoms. The first-order valence-corrected chi connectivity index (χ1v) is 8.01. The van der Waals surface area contributed by atoms with Crippen LogP contribution in [0.25, 0.3) is 0 Å². The summed E-state index contributed by atoms with van der Waals surface area (Å²) in [6.45, 7) is 4.08. The second-order valence-electron chi connectivity index (χ2n) is 5.41. The van der Waals surface area contributed by atoms with Gasteiger partial charge in [0.05, 0.1) is 6.61 Å². The molecule has 122 valence electrons. The number of halogens is 1. The number of hydrogen-bond acceptors (Lipinski definition) is 3. The van der Waals surface area contributed by atoms with Crippen molar-refractivity contribution < 1.29 is 18.7 Å². The van der Waals surface area contributed by atoms with Crippen molar-refractivity contribution >= 4 is 12.3 Å². The van der Waals surface area contributed by atoms with Crippen molar-refractivity contribution in [2.45, 2.75) is 52.4 Å². The van der Waals surface area contributed by atoms with E-state index in [-0.39, 0.29) is 5.82 Å². The van der Waals surface area contributed by atoms with Crippen molar-refractivity contribution in [2.75, 3.05) is 6.61 Å². The predicted octanol–water partition coefficient (Wildman–Crippen LogP) is 3.87. The summed E-state index contributed by atoms with van der Waals surface area (Å²) in [6.07, 6.45) is 5.40. The fourth-order valence-corrected chi connectivity index (χ4v) is 2.26. The molecule has 0 heterocycles. The molecule has 4 heteroatoms. The molecule has 3 nitrogen and oxygen atoms in total. The molecule has 1 aromatic rings. The van der Waals surface area contributed by atoms with E-state index in [9.17, 15) is 14.0 Å². The average molecular weight is 308 g/mol. The van der Waals surface area contributed by atoms with Gasteiger partial charge < -0.3 is 9.53 Å². The first-order valence-electron chi connectivity index (χ1n) is 8.01. The molecule has 0 amide bonds. The quantitative estimate of drug-likeness (QED) is 0.285. The minimum atomic E-state index is -0.633. The molecule has 1 aromatic carbocycles. The van der Waals surface area contributed by atoms with Crippen molar-refractivity contribution in [1.29, 1.82) is 0 Å². The van der Waals surface area contributed by atoms with Crippen molar-refractivity contribution in [3.05, 3.63) is 35.1 Å². The van der Waals surface area contributed by atoms with Gasteiger partial charge in [0, 0.05) is 0 Å². The first kappa shape index (κ1) is 18.3. The van der Waals surface area contributed by atoms with Gasteiger partial charge in [0.25, 0.3) is 0 Å². The summed E-state index contributed by atoms with van der Waals surface area (Å²) in [6, 6.07) is 5.27. The van der Waals surface area contributed by atoms with Crippen molar-refractivity contribution in [1.82, 2.24) is 0 Å². The number of hydrogen-bond donors (Lipinski definition) is 0. The average Bonchev–Trinajstić information content (AvgIpc) is 2.53. The molecule has 0 fully saturated rings. The molecule has 1 atom stereocenters. The van der Waals surface area contributed by atoms with Crippen LogP contribution in [-0.4, -0.2) is 18.9 Å². The Kier molecular flexibility index (Phi) is 8.41. The summed E-state index contributed by atoms with van der Waals surface area (Å²) in [5.74, 6) is -1.20. The lowest BCUT2D eigenvalue weighted by atomic mass is 10.0. The maximum atomic E-state index is 13.4. The number of aryl methyl sites for hydroxylation is 2. The van der Waals surface area contributed by atoms with Gasteiger partial charge in [0.2, 0.25) is 0 Å². The first-order chi connectivity index (χ1) is 10.6. The number of benzene rings is 1. The van der Waals surface area contributed by atoms with Gasteiger partial charge in [-0.15, -0.1) is 0 Å². The lowest BCUT2D eigenvalue weighted by Crippen LogP contribution is -2.18. The van der Waals surface area contributed by atoms with Crippen LogP contribution in [0.1, 0.15) is 50.7 Å². The fraction of sp³-hybridized carbons (Fsp3) is 0.556. The van der Waals surface area contributed by atoms with Crippen molar-refractivity contribution in [2.24, 2.45) is 5.92 Å². The number of esters is 1. The highest BCUT2D eigenvalue weighted by molar-refractivity contribution is 5.87. The Bertz CT molecular complexity index is 485. The molecule has 0 saturated heterocycles. The van der Waals surface area contributed by atoms with Crippen LogP contribution < -0.4 is 0 Å². The number of rotatable bonds is 10. The van der Waals surface area contributed by atoms with Crippen molar-refractivity contribution in [3.63, 3.8) is 0 Å². The van der Waals surface area contributed by atoms with Gasteiger partial charge >= 0.3 is 5.97 Å². The van der Waals surface area contributed by atoms with Gasteiger partial charge in [-0.1, -0.05) is 26.0 Å². The maximum Gasteiger partial charge on any atom is 0.316 e. The van der Waals surface area contributed by atoms with E-state index in [1.54, 1.807) is 6.92 Å². The highest BCUT2D eigenvalue weighted by Gasteiger charge is 2.16. The van der Waals surface area contributed by atoms with Crippen LogP contribution in [0.15, 0.2) is 18.2 Å². The second kappa shape index (κ2) is 10.1. The van der Waals surface area contributed by atoms with E-state index in [0.717, 1.165) is 36.8 Å². The number of aldehydes is 1. The molecule has 0 spiro atoms. The molecule has 0 N–H and O–H groups in total. The largest absolute Gasteiger partial charge is 0.465 e. The van der Waals surface area contributed by atoms with Crippen LogP contribution in [0.4, 0.5) is 4.39 Å². The standard InChI is InChI=1S/C18H25FO3/c1-3-15-12-14(9-10-17(15)19)8-6-5-7-11-22-18(21)16(4-2)13-20/h9-10,12-13,16H,3-8,11H2,1-2H3. The van der Waals surface area contributed by atoms with Gasteiger partial charge in [-0.25, -0.2) is 4.39 Å². The molecule has 0 aromatic heterocycles. The molecule has 0 radical (unpaired) electrons. The van der Waals surface area contributed by atoms with Crippen molar-refractivity contribution in [3.8, 4) is 0 Å². The number of unbranched alkanes of at least 4 members (excludes halogenated alkanes) is 2. The summed E-state index contributed by atoms with van der Waals surface area (Å²) in [4.78, 5) is 22.1. The molecule has 0 aliphatic heterocycles. The Morgan fingerprint density at radius 3 is 2.68 bits per heavy atom. The molecule has 0 saturated carbocycles. The highest BCUT2D eigenvalue weighted by Crippen LogP contribution is 2.14. The normalized spacial score (nSPS) is 12.0. The monoisotopic (exact) mass is 308 g/mol. The highest BCUT2D eigenvalue weighted by atomic mass is 19.1. The van der Waals surface area contributed by atoms with Gasteiger partial charge in [-0.05, 0) is 55.7 Å². The second-order valence-corrected chi connectivity index (χ2v) is 5.41. The third-order valence-electron chi connectivity index (χ3n) is 3.75. The SMILES string of the molecule is CCc1cc(CCCCCOC(=O)C(C=O)CC)ccc1F. The van der Waals surface area contributed by atoms with Crippen LogP contribution in [-0.2, 0) is 27.2 Å². The molecular weight excluding hydrogens is 283 g/mol. The Labute approximate surface area is 131 Å². The zero-order valence-electron chi connectivity index (χ0n) is 13.4. The molecule has 1 rings (SSSR count). The lowest BCUT2D eigenvalue weighted by Gasteiger charge is -2.08. The Morgan fingerprint density at radius 1 is 1.27 bits per heavy atom. The third-order valence-corrected chi connectivity index (χ3v) is 3.75.